The fourth-order valence-electron chi connectivity index (χ4n) is 8.08. The van der Waals surface area contributed by atoms with Gasteiger partial charge >= 0.3 is 0 Å². The molecule has 3 nitrogen and oxygen atoms in total. The van der Waals surface area contributed by atoms with Crippen LogP contribution in [0.1, 0.15) is 0 Å². The van der Waals surface area contributed by atoms with E-state index in [4.69, 9.17) is 9.47 Å². The average Bonchev–Trinajstić information content (AvgIpc) is 3.52. The zero-order chi connectivity index (χ0) is 32.1. The number of nitrogens with zero attached hydrogens (tertiary/aromatic N) is 1. The number of benzene rings is 8. The molecule has 0 saturated carbocycles. The van der Waals surface area contributed by atoms with E-state index in [1.54, 1.807) is 0 Å². The molecule has 0 N–H and O–H groups in total. The Morgan fingerprint density at radius 3 is 1.84 bits per heavy atom. The molecular weight excluding hydrogens is 617 g/mol. The van der Waals surface area contributed by atoms with Crippen molar-refractivity contribution in [2.45, 2.75) is 0 Å². The van der Waals surface area contributed by atoms with Gasteiger partial charge in [-0.3, -0.25) is 0 Å². The summed E-state index contributed by atoms with van der Waals surface area (Å²) < 4.78 is 15.8. The summed E-state index contributed by atoms with van der Waals surface area (Å²) in [4.78, 5) is 2.38. The summed E-state index contributed by atoms with van der Waals surface area (Å²) in [5.41, 5.74) is 6.91. The summed E-state index contributed by atoms with van der Waals surface area (Å²) in [5, 5.41) is 7.36. The van der Waals surface area contributed by atoms with Crippen LogP contribution in [0, 0.1) is 0 Å². The standard InChI is InChI=1S/C44H26BNO2S/c1-3-13-28(14-4-1)46(29-15-5-2-6-16-29)35-26-41-42(32-19-10-9-18-31(32)35)33-24-39-34(25-40(33)49-41)45-43-30-17-8-7-12-27(30)22-23-38(43)47-36-20-11-21-37(48-39)44(36)45/h1-26H. The normalized spacial score (nSPS) is 12.8. The first-order chi connectivity index (χ1) is 24.3. The molecule has 0 atom stereocenters. The molecule has 0 radical (unpaired) electrons. The molecule has 8 aromatic carbocycles. The van der Waals surface area contributed by atoms with Gasteiger partial charge in [-0.1, -0.05) is 97.1 Å². The molecule has 1 aromatic heterocycles. The van der Waals surface area contributed by atoms with Gasteiger partial charge in [-0.15, -0.1) is 11.3 Å². The van der Waals surface area contributed by atoms with Crippen LogP contribution in [0.5, 0.6) is 23.0 Å². The van der Waals surface area contributed by atoms with Crippen LogP contribution in [0.15, 0.2) is 158 Å². The molecule has 228 valence electrons. The molecule has 0 unspecified atom stereocenters. The van der Waals surface area contributed by atoms with Crippen molar-refractivity contribution >= 4 is 93.2 Å². The lowest BCUT2D eigenvalue weighted by Crippen LogP contribution is -2.57. The molecule has 2 aliphatic heterocycles. The maximum atomic E-state index is 6.78. The Labute approximate surface area is 287 Å². The molecule has 0 fully saturated rings. The smallest absolute Gasteiger partial charge is 0.261 e. The number of hydrogen-bond acceptors (Lipinski definition) is 4. The van der Waals surface area contributed by atoms with Gasteiger partial charge in [0.2, 0.25) is 0 Å². The van der Waals surface area contributed by atoms with Crippen LogP contribution < -0.4 is 30.8 Å². The third kappa shape index (κ3) is 3.91. The zero-order valence-electron chi connectivity index (χ0n) is 26.3. The fourth-order valence-corrected chi connectivity index (χ4v) is 9.27. The number of anilines is 3. The predicted octanol–water partition coefficient (Wildman–Crippen LogP) is 10.6. The Morgan fingerprint density at radius 1 is 0.449 bits per heavy atom. The van der Waals surface area contributed by atoms with Gasteiger partial charge in [0, 0.05) is 42.4 Å². The fraction of sp³-hybridized carbons (Fsp3) is 0. The molecular formula is C44H26BNO2S. The highest BCUT2D eigenvalue weighted by molar-refractivity contribution is 7.26. The van der Waals surface area contributed by atoms with Crippen LogP contribution in [-0.2, 0) is 0 Å². The number of hydrogen-bond donors (Lipinski definition) is 0. The molecule has 0 amide bonds. The van der Waals surface area contributed by atoms with Crippen LogP contribution >= 0.6 is 11.3 Å². The van der Waals surface area contributed by atoms with E-state index in [9.17, 15) is 0 Å². The monoisotopic (exact) mass is 643 g/mol. The first-order valence-corrected chi connectivity index (χ1v) is 17.4. The molecule has 49 heavy (non-hydrogen) atoms. The minimum absolute atomic E-state index is 0.00151. The largest absolute Gasteiger partial charge is 0.458 e. The minimum Gasteiger partial charge on any atom is -0.458 e. The first kappa shape index (κ1) is 27.0. The lowest BCUT2D eigenvalue weighted by Gasteiger charge is -2.33. The van der Waals surface area contributed by atoms with Crippen molar-refractivity contribution in [3.05, 3.63) is 158 Å². The number of ether oxygens (including phenoxy) is 2. The van der Waals surface area contributed by atoms with E-state index < -0.39 is 0 Å². The van der Waals surface area contributed by atoms with Crippen molar-refractivity contribution in [1.29, 1.82) is 0 Å². The highest BCUT2D eigenvalue weighted by atomic mass is 32.1. The van der Waals surface area contributed by atoms with Crippen LogP contribution in [-0.4, -0.2) is 6.71 Å². The maximum Gasteiger partial charge on any atom is 0.261 e. The average molecular weight is 644 g/mol. The maximum absolute atomic E-state index is 6.78. The second-order valence-corrected chi connectivity index (χ2v) is 13.9. The molecule has 2 aliphatic rings. The molecule has 0 aliphatic carbocycles. The van der Waals surface area contributed by atoms with E-state index in [0.717, 1.165) is 45.5 Å². The van der Waals surface area contributed by atoms with E-state index in [1.807, 2.05) is 17.4 Å². The summed E-state index contributed by atoms with van der Waals surface area (Å²) in [6.07, 6.45) is 0. The minimum atomic E-state index is -0.00151. The van der Waals surface area contributed by atoms with E-state index in [-0.39, 0.29) is 6.71 Å². The van der Waals surface area contributed by atoms with Crippen molar-refractivity contribution in [2.75, 3.05) is 4.90 Å². The quantitative estimate of drug-likeness (QED) is 0.179. The van der Waals surface area contributed by atoms with Gasteiger partial charge in [0.25, 0.3) is 6.71 Å². The second kappa shape index (κ2) is 10.2. The SMILES string of the molecule is c1ccc(N(c2ccccc2)c2cc3sc4cc5c(cc4c3c3ccccc23)Oc2cccc3c2B5c2c(ccc4ccccc24)O3)cc1. The predicted molar refractivity (Wildman–Crippen MR) is 207 cm³/mol. The Balaban J connectivity index is 1.19. The second-order valence-electron chi connectivity index (χ2n) is 12.8. The van der Waals surface area contributed by atoms with Crippen LogP contribution in [0.2, 0.25) is 0 Å². The van der Waals surface area contributed by atoms with Crippen LogP contribution in [0.3, 0.4) is 0 Å². The molecule has 11 rings (SSSR count). The molecule has 0 spiro atoms. The molecule has 0 saturated heterocycles. The number of fused-ring (bicyclic) bond motifs is 11. The number of para-hydroxylation sites is 2. The van der Waals surface area contributed by atoms with Crippen molar-refractivity contribution in [2.24, 2.45) is 0 Å². The highest BCUT2D eigenvalue weighted by Gasteiger charge is 2.41. The highest BCUT2D eigenvalue weighted by Crippen LogP contribution is 2.47. The van der Waals surface area contributed by atoms with Gasteiger partial charge in [0.05, 0.1) is 5.69 Å². The van der Waals surface area contributed by atoms with Crippen molar-refractivity contribution in [3.8, 4) is 23.0 Å². The van der Waals surface area contributed by atoms with Crippen molar-refractivity contribution < 1.29 is 9.47 Å². The van der Waals surface area contributed by atoms with E-state index in [0.29, 0.717) is 0 Å². The first-order valence-electron chi connectivity index (χ1n) is 16.6. The Hall–Kier alpha value is -6.04. The van der Waals surface area contributed by atoms with E-state index in [2.05, 4.69) is 157 Å². The van der Waals surface area contributed by atoms with Gasteiger partial charge in [-0.2, -0.15) is 0 Å². The van der Waals surface area contributed by atoms with Crippen molar-refractivity contribution in [3.63, 3.8) is 0 Å². The third-order valence-corrected chi connectivity index (χ3v) is 11.2. The lowest BCUT2D eigenvalue weighted by molar-refractivity contribution is 0.465. The summed E-state index contributed by atoms with van der Waals surface area (Å²) in [6.45, 7) is -0.00151. The molecule has 0 bridgehead atoms. The molecule has 5 heteroatoms. The third-order valence-electron chi connectivity index (χ3n) is 10.1. The van der Waals surface area contributed by atoms with Gasteiger partial charge in [0.1, 0.15) is 23.0 Å². The summed E-state index contributed by atoms with van der Waals surface area (Å²) in [5.74, 6) is 3.55. The summed E-state index contributed by atoms with van der Waals surface area (Å²) >= 11 is 1.86. The Kier molecular flexibility index (Phi) is 5.63. The van der Waals surface area contributed by atoms with Gasteiger partial charge in [0.15, 0.2) is 0 Å². The molecule has 9 aromatic rings. The van der Waals surface area contributed by atoms with Crippen molar-refractivity contribution in [1.82, 2.24) is 0 Å². The van der Waals surface area contributed by atoms with Gasteiger partial charge in [-0.25, -0.2) is 0 Å². The lowest BCUT2D eigenvalue weighted by atomic mass is 9.34. The van der Waals surface area contributed by atoms with Gasteiger partial charge in [-0.05, 0) is 87.7 Å². The summed E-state index contributed by atoms with van der Waals surface area (Å²) in [6, 6.07) is 56.3. The number of rotatable bonds is 3. The summed E-state index contributed by atoms with van der Waals surface area (Å²) in [7, 11) is 0. The van der Waals surface area contributed by atoms with Crippen LogP contribution in [0.25, 0.3) is 41.7 Å². The van der Waals surface area contributed by atoms with Crippen LogP contribution in [0.4, 0.5) is 17.1 Å². The van der Waals surface area contributed by atoms with Gasteiger partial charge < -0.3 is 14.4 Å². The van der Waals surface area contributed by atoms with E-state index in [1.165, 1.54) is 52.6 Å². The molecule has 3 heterocycles. The zero-order valence-corrected chi connectivity index (χ0v) is 27.1. The topological polar surface area (TPSA) is 21.7 Å². The Bertz CT molecular complexity index is 2750. The number of thiophene rings is 1. The Morgan fingerprint density at radius 2 is 1.08 bits per heavy atom. The van der Waals surface area contributed by atoms with E-state index >= 15 is 0 Å².